The maximum atomic E-state index is 13.0. The number of methoxy groups -OCH3 is 2. The molecule has 4 aromatic rings. The van der Waals surface area contributed by atoms with Crippen LogP contribution in [-0.4, -0.2) is 41.5 Å². The highest BCUT2D eigenvalue weighted by Gasteiger charge is 2.40. The van der Waals surface area contributed by atoms with Crippen molar-refractivity contribution < 1.29 is 23.9 Å². The number of benzene rings is 3. The minimum Gasteiger partial charge on any atom is -0.468 e. The summed E-state index contributed by atoms with van der Waals surface area (Å²) >= 11 is 0. The zero-order valence-electron chi connectivity index (χ0n) is 19.4. The van der Waals surface area contributed by atoms with E-state index in [2.05, 4.69) is 4.74 Å². The van der Waals surface area contributed by atoms with Crippen molar-refractivity contribution in [2.75, 3.05) is 14.2 Å². The Morgan fingerprint density at radius 1 is 0.771 bits per heavy atom. The number of ketones is 1. The molecule has 176 valence electrons. The molecule has 7 nitrogen and oxygen atoms in total. The summed E-state index contributed by atoms with van der Waals surface area (Å²) in [5.41, 5.74) is 3.86. The summed E-state index contributed by atoms with van der Waals surface area (Å²) in [6, 6.07) is 28.7. The molecular weight excluding hydrogens is 444 g/mol. The first-order valence-corrected chi connectivity index (χ1v) is 11.0. The molecule has 0 N–H and O–H groups in total. The van der Waals surface area contributed by atoms with E-state index in [1.807, 2.05) is 91.0 Å². The molecule has 0 spiro atoms. The van der Waals surface area contributed by atoms with Gasteiger partial charge >= 0.3 is 11.9 Å². The lowest BCUT2D eigenvalue weighted by atomic mass is 10.0. The lowest BCUT2D eigenvalue weighted by Gasteiger charge is -2.17. The molecule has 0 radical (unpaired) electrons. The van der Waals surface area contributed by atoms with Gasteiger partial charge in [-0.3, -0.25) is 9.59 Å². The van der Waals surface area contributed by atoms with Crippen LogP contribution in [0.4, 0.5) is 0 Å². The summed E-state index contributed by atoms with van der Waals surface area (Å²) < 4.78 is 11.4. The molecule has 7 heteroatoms. The fourth-order valence-corrected chi connectivity index (χ4v) is 3.97. The van der Waals surface area contributed by atoms with Crippen molar-refractivity contribution in [3.8, 4) is 22.5 Å². The average Bonchev–Trinajstić information content (AvgIpc) is 3.28. The predicted molar refractivity (Wildman–Crippen MR) is 130 cm³/mol. The zero-order valence-corrected chi connectivity index (χ0v) is 19.4. The van der Waals surface area contributed by atoms with Gasteiger partial charge in [0.25, 0.3) is 5.78 Å². The number of aromatic nitrogens is 2. The Balaban J connectivity index is 2.04. The van der Waals surface area contributed by atoms with Crippen LogP contribution in [-0.2, 0) is 30.4 Å². The van der Waals surface area contributed by atoms with Crippen molar-refractivity contribution in [2.24, 2.45) is 0 Å². The molecule has 35 heavy (non-hydrogen) atoms. The van der Waals surface area contributed by atoms with Gasteiger partial charge < -0.3 is 14.0 Å². The number of nitrogens with zero attached hydrogens (tertiary/aromatic N) is 2. The van der Waals surface area contributed by atoms with Crippen LogP contribution in [0.15, 0.2) is 91.0 Å². The second kappa shape index (κ2) is 10.6. The van der Waals surface area contributed by atoms with Crippen molar-refractivity contribution in [1.82, 2.24) is 9.55 Å². The van der Waals surface area contributed by atoms with Crippen LogP contribution in [0.2, 0.25) is 0 Å². The molecule has 0 saturated heterocycles. The van der Waals surface area contributed by atoms with Crippen LogP contribution in [0.25, 0.3) is 22.5 Å². The maximum Gasteiger partial charge on any atom is 0.375 e. The maximum absolute atomic E-state index is 13.0. The third-order valence-electron chi connectivity index (χ3n) is 5.62. The third kappa shape index (κ3) is 4.89. The number of imidazole rings is 1. The summed E-state index contributed by atoms with van der Waals surface area (Å²) in [5, 5.41) is 0. The number of hydrogen-bond acceptors (Lipinski definition) is 6. The van der Waals surface area contributed by atoms with E-state index in [1.165, 1.54) is 7.11 Å². The standard InChI is InChI=1S/C28H24N2O5/c1-34-27(32)22(25(31)28(33)35-2)26-29-23(20-14-8-4-9-15-20)24(21-16-10-5-11-17-21)30(26)18-19-12-6-3-7-13-19/h3-17,22H,18H2,1-2H3. The van der Waals surface area contributed by atoms with Gasteiger partial charge in [-0.25, -0.2) is 9.78 Å². The van der Waals surface area contributed by atoms with Crippen LogP contribution in [0.1, 0.15) is 17.3 Å². The van der Waals surface area contributed by atoms with Gasteiger partial charge in [-0.05, 0) is 5.56 Å². The monoisotopic (exact) mass is 468 g/mol. The summed E-state index contributed by atoms with van der Waals surface area (Å²) in [5.74, 6) is -4.56. The zero-order chi connectivity index (χ0) is 24.8. The number of ether oxygens (including phenoxy) is 2. The fraction of sp³-hybridized carbons (Fsp3) is 0.143. The van der Waals surface area contributed by atoms with Gasteiger partial charge in [-0.15, -0.1) is 0 Å². The Morgan fingerprint density at radius 2 is 1.31 bits per heavy atom. The van der Waals surface area contributed by atoms with E-state index in [1.54, 1.807) is 4.57 Å². The van der Waals surface area contributed by atoms with E-state index in [9.17, 15) is 14.4 Å². The van der Waals surface area contributed by atoms with Crippen molar-refractivity contribution in [2.45, 2.75) is 12.5 Å². The van der Waals surface area contributed by atoms with E-state index >= 15 is 0 Å². The normalized spacial score (nSPS) is 11.5. The van der Waals surface area contributed by atoms with Gasteiger partial charge in [-0.2, -0.15) is 0 Å². The molecule has 1 aromatic heterocycles. The van der Waals surface area contributed by atoms with E-state index in [0.29, 0.717) is 17.9 Å². The van der Waals surface area contributed by atoms with Gasteiger partial charge in [0.15, 0.2) is 5.92 Å². The molecule has 0 bridgehead atoms. The summed E-state index contributed by atoms with van der Waals surface area (Å²) in [4.78, 5) is 42.9. The molecule has 0 aliphatic heterocycles. The number of esters is 2. The predicted octanol–water partition coefficient (Wildman–Crippen LogP) is 4.26. The van der Waals surface area contributed by atoms with Crippen LogP contribution in [0, 0.1) is 0 Å². The minimum absolute atomic E-state index is 0.105. The molecule has 0 saturated carbocycles. The SMILES string of the molecule is COC(=O)C(=O)C(C(=O)OC)c1nc(-c2ccccc2)c(-c2ccccc2)n1Cc1ccccc1. The Morgan fingerprint density at radius 3 is 1.86 bits per heavy atom. The smallest absolute Gasteiger partial charge is 0.375 e. The van der Waals surface area contributed by atoms with E-state index < -0.39 is 23.6 Å². The number of carbonyl (C=O) groups excluding carboxylic acids is 3. The van der Waals surface area contributed by atoms with Crippen molar-refractivity contribution in [1.29, 1.82) is 0 Å². The molecule has 1 atom stereocenters. The van der Waals surface area contributed by atoms with Crippen molar-refractivity contribution >= 4 is 17.7 Å². The Hall–Kier alpha value is -4.52. The molecular formula is C28H24N2O5. The highest BCUT2D eigenvalue weighted by atomic mass is 16.5. The third-order valence-corrected chi connectivity index (χ3v) is 5.62. The highest BCUT2D eigenvalue weighted by Crippen LogP contribution is 2.36. The van der Waals surface area contributed by atoms with Crippen LogP contribution < -0.4 is 0 Å². The first-order chi connectivity index (χ1) is 17.0. The lowest BCUT2D eigenvalue weighted by molar-refractivity contribution is -0.157. The second-order valence-electron chi connectivity index (χ2n) is 7.78. The molecule has 0 aliphatic rings. The van der Waals surface area contributed by atoms with Gasteiger partial charge in [0.2, 0.25) is 0 Å². The number of carbonyl (C=O) groups is 3. The summed E-state index contributed by atoms with van der Waals surface area (Å²) in [6.45, 7) is 0.308. The first kappa shape index (κ1) is 23.6. The summed E-state index contributed by atoms with van der Waals surface area (Å²) in [7, 11) is 2.26. The van der Waals surface area contributed by atoms with Gasteiger partial charge in [0.1, 0.15) is 5.82 Å². The summed E-state index contributed by atoms with van der Waals surface area (Å²) in [6.07, 6.45) is 0. The van der Waals surface area contributed by atoms with Crippen LogP contribution in [0.5, 0.6) is 0 Å². The lowest BCUT2D eigenvalue weighted by Crippen LogP contribution is -2.32. The highest BCUT2D eigenvalue weighted by molar-refractivity contribution is 6.39. The van der Waals surface area contributed by atoms with Crippen LogP contribution in [0.3, 0.4) is 0 Å². The van der Waals surface area contributed by atoms with Gasteiger partial charge in [-0.1, -0.05) is 91.0 Å². The largest absolute Gasteiger partial charge is 0.468 e. The Kier molecular flexibility index (Phi) is 7.16. The van der Waals surface area contributed by atoms with Crippen LogP contribution >= 0.6 is 0 Å². The van der Waals surface area contributed by atoms with E-state index in [4.69, 9.17) is 9.72 Å². The first-order valence-electron chi connectivity index (χ1n) is 11.0. The molecule has 0 fully saturated rings. The average molecular weight is 469 g/mol. The van der Waals surface area contributed by atoms with Gasteiger partial charge in [0.05, 0.1) is 25.6 Å². The fourth-order valence-electron chi connectivity index (χ4n) is 3.97. The topological polar surface area (TPSA) is 87.5 Å². The van der Waals surface area contributed by atoms with E-state index in [-0.39, 0.29) is 5.82 Å². The Labute approximate surface area is 203 Å². The van der Waals surface area contributed by atoms with Crippen molar-refractivity contribution in [3.63, 3.8) is 0 Å². The quantitative estimate of drug-likeness (QED) is 0.218. The minimum atomic E-state index is -1.59. The van der Waals surface area contributed by atoms with Gasteiger partial charge in [0, 0.05) is 17.7 Å². The molecule has 0 amide bonds. The number of rotatable bonds is 8. The number of Topliss-reactive ketones (excluding diaryl/α,β-unsaturated/α-hetero) is 1. The van der Waals surface area contributed by atoms with Crippen molar-refractivity contribution in [3.05, 3.63) is 102 Å². The molecule has 4 rings (SSSR count). The second-order valence-corrected chi connectivity index (χ2v) is 7.78. The van der Waals surface area contributed by atoms with E-state index in [0.717, 1.165) is 23.8 Å². The molecule has 3 aromatic carbocycles. The molecule has 1 unspecified atom stereocenters. The molecule has 1 heterocycles. The molecule has 0 aliphatic carbocycles. The Bertz CT molecular complexity index is 1330. The number of hydrogen-bond donors (Lipinski definition) is 0.